The van der Waals surface area contributed by atoms with Gasteiger partial charge in [-0.2, -0.15) is 0 Å². The van der Waals surface area contributed by atoms with Crippen LogP contribution in [0.15, 0.2) is 48.1 Å². The molecule has 1 aliphatic carbocycles. The second kappa shape index (κ2) is 11.4. The Morgan fingerprint density at radius 2 is 2.00 bits per heavy atom. The first-order valence-corrected chi connectivity index (χ1v) is 10.2. The van der Waals surface area contributed by atoms with Gasteiger partial charge < -0.3 is 10.4 Å². The lowest BCUT2D eigenvalue weighted by Crippen LogP contribution is -2.22. The highest BCUT2D eigenvalue weighted by molar-refractivity contribution is 7.80. The van der Waals surface area contributed by atoms with E-state index >= 15 is 0 Å². The van der Waals surface area contributed by atoms with E-state index in [-0.39, 0.29) is 12.5 Å². The van der Waals surface area contributed by atoms with Crippen LogP contribution in [0.1, 0.15) is 37.7 Å². The number of thiocarbonyl (C=S) groups is 1. The number of hydrogen-bond acceptors (Lipinski definition) is 3. The van der Waals surface area contributed by atoms with Crippen molar-refractivity contribution in [3.63, 3.8) is 0 Å². The summed E-state index contributed by atoms with van der Waals surface area (Å²) in [4.78, 5) is 12.8. The normalized spacial score (nSPS) is 14.3. The van der Waals surface area contributed by atoms with Gasteiger partial charge in [-0.3, -0.25) is 4.79 Å². The maximum absolute atomic E-state index is 12.1. The number of aliphatic hydroxyl groups is 1. The fourth-order valence-electron chi connectivity index (χ4n) is 2.78. The Kier molecular flexibility index (Phi) is 9.22. The van der Waals surface area contributed by atoms with Gasteiger partial charge in [0.05, 0.1) is 0 Å². The van der Waals surface area contributed by atoms with Crippen molar-refractivity contribution in [1.82, 2.24) is 5.32 Å². The summed E-state index contributed by atoms with van der Waals surface area (Å²) in [6.07, 6.45) is 11.6. The van der Waals surface area contributed by atoms with Crippen LogP contribution in [-0.4, -0.2) is 29.0 Å². The third-order valence-electron chi connectivity index (χ3n) is 4.19. The second-order valence-electron chi connectivity index (χ2n) is 6.24. The van der Waals surface area contributed by atoms with Gasteiger partial charge in [0.25, 0.3) is 0 Å². The lowest BCUT2D eigenvalue weighted by atomic mass is 9.91. The summed E-state index contributed by atoms with van der Waals surface area (Å²) < 4.78 is 0. The lowest BCUT2D eigenvalue weighted by molar-refractivity contribution is -0.116. The Morgan fingerprint density at radius 3 is 2.74 bits per heavy atom. The minimum Gasteiger partial charge on any atom is -0.396 e. The topological polar surface area (TPSA) is 49.3 Å². The highest BCUT2D eigenvalue weighted by Crippen LogP contribution is 2.33. The van der Waals surface area contributed by atoms with Crippen LogP contribution in [0.3, 0.4) is 0 Å². The van der Waals surface area contributed by atoms with Gasteiger partial charge in [-0.05, 0) is 42.2 Å². The summed E-state index contributed by atoms with van der Waals surface area (Å²) in [5, 5.41) is 12.7. The number of amides is 1. The fraction of sp³-hybridized carbons (Fsp3) is 0.333. The molecule has 0 spiro atoms. The molecular formula is C21H23Cl2NO2S. The zero-order valence-electron chi connectivity index (χ0n) is 15.0. The zero-order valence-corrected chi connectivity index (χ0v) is 17.3. The Labute approximate surface area is 175 Å². The van der Waals surface area contributed by atoms with Crippen molar-refractivity contribution in [2.75, 3.05) is 13.2 Å². The molecule has 0 saturated heterocycles. The van der Waals surface area contributed by atoms with E-state index < -0.39 is 0 Å². The summed E-state index contributed by atoms with van der Waals surface area (Å²) in [5.41, 5.74) is 2.55. The first kappa shape index (κ1) is 21.8. The molecule has 0 aliphatic heterocycles. The van der Waals surface area contributed by atoms with E-state index in [4.69, 9.17) is 40.5 Å². The SMILES string of the molecule is O=C(/C=C/C1=C(c2ccc(Cl)cc2Cl)C=CCC1=S)NCCCCCCO. The van der Waals surface area contributed by atoms with Gasteiger partial charge in [0.2, 0.25) is 5.91 Å². The van der Waals surface area contributed by atoms with E-state index in [9.17, 15) is 4.79 Å². The quantitative estimate of drug-likeness (QED) is 0.321. The van der Waals surface area contributed by atoms with Gasteiger partial charge in [0, 0.05) is 46.1 Å². The predicted molar refractivity (Wildman–Crippen MR) is 117 cm³/mol. The van der Waals surface area contributed by atoms with Crippen molar-refractivity contribution in [2.24, 2.45) is 0 Å². The molecule has 27 heavy (non-hydrogen) atoms. The number of hydrogen-bond donors (Lipinski definition) is 2. The molecule has 0 aromatic heterocycles. The van der Waals surface area contributed by atoms with Gasteiger partial charge in [-0.1, -0.05) is 66.5 Å². The lowest BCUT2D eigenvalue weighted by Gasteiger charge is -2.16. The van der Waals surface area contributed by atoms with Crippen molar-refractivity contribution >= 4 is 51.8 Å². The predicted octanol–water partition coefficient (Wildman–Crippen LogP) is 5.30. The Balaban J connectivity index is 2.07. The first-order valence-electron chi connectivity index (χ1n) is 8.99. The molecule has 3 nitrogen and oxygen atoms in total. The van der Waals surface area contributed by atoms with E-state index in [1.807, 2.05) is 18.2 Å². The van der Waals surface area contributed by atoms with Crippen molar-refractivity contribution in [3.05, 3.63) is 63.7 Å². The molecular weight excluding hydrogens is 401 g/mol. The number of carbonyl (C=O) groups excluding carboxylic acids is 1. The van der Waals surface area contributed by atoms with Crippen LogP contribution >= 0.6 is 35.4 Å². The maximum Gasteiger partial charge on any atom is 0.244 e. The summed E-state index contributed by atoms with van der Waals surface area (Å²) in [6.45, 7) is 0.840. The monoisotopic (exact) mass is 423 g/mol. The zero-order chi connectivity index (χ0) is 19.6. The number of allylic oxidation sites excluding steroid dienone is 5. The maximum atomic E-state index is 12.1. The van der Waals surface area contributed by atoms with Crippen LogP contribution in [0.5, 0.6) is 0 Å². The summed E-state index contributed by atoms with van der Waals surface area (Å²) in [7, 11) is 0. The standard InChI is InChI=1S/C21H23Cl2NO2S/c22-15-8-9-17(19(23)14-15)16-6-5-7-20(27)18(16)10-11-21(26)24-12-3-1-2-4-13-25/h5-6,8-11,14,25H,1-4,7,12-13H2,(H,24,26)/b11-10+. The molecule has 2 N–H and O–H groups in total. The number of nitrogens with one attached hydrogen (secondary N) is 1. The summed E-state index contributed by atoms with van der Waals surface area (Å²) in [5.74, 6) is -0.149. The van der Waals surface area contributed by atoms with Crippen molar-refractivity contribution in [2.45, 2.75) is 32.1 Å². The third-order valence-corrected chi connectivity index (χ3v) is 5.12. The smallest absolute Gasteiger partial charge is 0.244 e. The van der Waals surface area contributed by atoms with Gasteiger partial charge in [-0.25, -0.2) is 0 Å². The van der Waals surface area contributed by atoms with Crippen molar-refractivity contribution < 1.29 is 9.90 Å². The summed E-state index contributed by atoms with van der Waals surface area (Å²) >= 11 is 17.8. The number of unbranched alkanes of at least 4 members (excludes halogenated alkanes) is 3. The van der Waals surface area contributed by atoms with E-state index in [2.05, 4.69) is 5.32 Å². The molecule has 1 aromatic carbocycles. The average molecular weight is 424 g/mol. The molecule has 144 valence electrons. The number of halogens is 2. The van der Waals surface area contributed by atoms with Crippen LogP contribution < -0.4 is 5.32 Å². The largest absolute Gasteiger partial charge is 0.396 e. The molecule has 0 unspecified atom stereocenters. The first-order chi connectivity index (χ1) is 13.0. The van der Waals surface area contributed by atoms with Crippen LogP contribution in [0.25, 0.3) is 5.57 Å². The van der Waals surface area contributed by atoms with Gasteiger partial charge in [0.1, 0.15) is 0 Å². The number of carbonyl (C=O) groups is 1. The number of benzene rings is 1. The minimum absolute atomic E-state index is 0.149. The van der Waals surface area contributed by atoms with Gasteiger partial charge >= 0.3 is 0 Å². The second-order valence-corrected chi connectivity index (χ2v) is 7.58. The molecule has 0 heterocycles. The average Bonchev–Trinajstić information content (AvgIpc) is 2.63. The fourth-order valence-corrected chi connectivity index (χ4v) is 3.56. The van der Waals surface area contributed by atoms with Crippen LogP contribution in [-0.2, 0) is 4.79 Å². The van der Waals surface area contributed by atoms with E-state index in [1.54, 1.807) is 18.2 Å². The Hall–Kier alpha value is -1.46. The Morgan fingerprint density at radius 1 is 1.22 bits per heavy atom. The van der Waals surface area contributed by atoms with Crippen LogP contribution in [0, 0.1) is 0 Å². The molecule has 2 rings (SSSR count). The van der Waals surface area contributed by atoms with Gasteiger partial charge in [-0.15, -0.1) is 0 Å². The van der Waals surface area contributed by atoms with Gasteiger partial charge in [0.15, 0.2) is 0 Å². The Bertz CT molecular complexity index is 784. The highest BCUT2D eigenvalue weighted by Gasteiger charge is 2.15. The van der Waals surface area contributed by atoms with E-state index in [0.29, 0.717) is 23.0 Å². The molecule has 0 bridgehead atoms. The molecule has 1 amide bonds. The van der Waals surface area contributed by atoms with Crippen molar-refractivity contribution in [3.8, 4) is 0 Å². The summed E-state index contributed by atoms with van der Waals surface area (Å²) in [6, 6.07) is 5.34. The van der Waals surface area contributed by atoms with Crippen molar-refractivity contribution in [1.29, 1.82) is 0 Å². The molecule has 0 radical (unpaired) electrons. The van der Waals surface area contributed by atoms with E-state index in [0.717, 1.165) is 47.3 Å². The molecule has 1 aromatic rings. The number of rotatable bonds is 9. The molecule has 0 atom stereocenters. The van der Waals surface area contributed by atoms with Crippen LogP contribution in [0.2, 0.25) is 10.0 Å². The molecule has 0 fully saturated rings. The van der Waals surface area contributed by atoms with Crippen LogP contribution in [0.4, 0.5) is 0 Å². The minimum atomic E-state index is -0.149. The number of aliphatic hydroxyl groups excluding tert-OH is 1. The molecule has 1 aliphatic rings. The third kappa shape index (κ3) is 6.89. The molecule has 6 heteroatoms. The van der Waals surface area contributed by atoms with E-state index in [1.165, 1.54) is 6.08 Å². The highest BCUT2D eigenvalue weighted by atomic mass is 35.5. The molecule has 0 saturated carbocycles.